The van der Waals surface area contributed by atoms with Gasteiger partial charge in [-0.1, -0.05) is 60.7 Å². The molecule has 0 radical (unpaired) electrons. The number of fused-ring (bicyclic) bond motifs is 1. The summed E-state index contributed by atoms with van der Waals surface area (Å²) in [5.74, 6) is -0.0666. The summed E-state index contributed by atoms with van der Waals surface area (Å²) in [4.78, 5) is 29.1. The summed E-state index contributed by atoms with van der Waals surface area (Å²) in [5.41, 5.74) is 4.50. The van der Waals surface area contributed by atoms with Gasteiger partial charge in [0.25, 0.3) is 0 Å². The Morgan fingerprint density at radius 1 is 0.897 bits per heavy atom. The van der Waals surface area contributed by atoms with Gasteiger partial charge in [-0.2, -0.15) is 0 Å². The standard InChI is InChI=1S/C32H30N4O3/c1-2-39-30(38)22-29(37)35-31-27-11-7-6-10-24(27)14-17-28(31)34-26-15-12-25(13-16-26)32-33-19-21-36(32)20-18-23-8-4-3-5-9-23/h3-17,19,21,34H,2,18,20,22H2,1H3,(H,35,37). The third-order valence-electron chi connectivity index (χ3n) is 6.43. The van der Waals surface area contributed by atoms with Crippen LogP contribution in [0.4, 0.5) is 17.1 Å². The van der Waals surface area contributed by atoms with Crippen molar-refractivity contribution in [3.05, 3.63) is 109 Å². The normalized spacial score (nSPS) is 10.8. The highest BCUT2D eigenvalue weighted by molar-refractivity contribution is 6.10. The molecular formula is C32H30N4O3. The second-order valence-corrected chi connectivity index (χ2v) is 9.12. The van der Waals surface area contributed by atoms with Gasteiger partial charge in [0.1, 0.15) is 12.2 Å². The first kappa shape index (κ1) is 25.7. The Labute approximate surface area is 227 Å². The van der Waals surface area contributed by atoms with Crippen molar-refractivity contribution in [2.45, 2.75) is 26.3 Å². The Bertz CT molecular complexity index is 1580. The van der Waals surface area contributed by atoms with E-state index < -0.39 is 11.9 Å². The first-order valence-electron chi connectivity index (χ1n) is 13.0. The minimum atomic E-state index is -0.553. The number of carbonyl (C=O) groups excluding carboxylic acids is 2. The van der Waals surface area contributed by atoms with Gasteiger partial charge in [-0.05, 0) is 54.6 Å². The largest absolute Gasteiger partial charge is 0.466 e. The van der Waals surface area contributed by atoms with Crippen molar-refractivity contribution >= 4 is 39.7 Å². The van der Waals surface area contributed by atoms with Crippen LogP contribution in [-0.4, -0.2) is 28.0 Å². The molecule has 0 aliphatic heterocycles. The molecule has 1 aromatic heterocycles. The Kier molecular flexibility index (Phi) is 7.98. The number of ether oxygens (including phenoxy) is 1. The number of imidazole rings is 1. The number of esters is 1. The van der Waals surface area contributed by atoms with E-state index in [-0.39, 0.29) is 13.0 Å². The summed E-state index contributed by atoms with van der Waals surface area (Å²) in [6.07, 6.45) is 4.41. The summed E-state index contributed by atoms with van der Waals surface area (Å²) >= 11 is 0. The minimum absolute atomic E-state index is 0.233. The number of nitrogens with one attached hydrogen (secondary N) is 2. The first-order chi connectivity index (χ1) is 19.1. The summed E-state index contributed by atoms with van der Waals surface area (Å²) < 4.78 is 7.09. The van der Waals surface area contributed by atoms with Crippen LogP contribution in [0.1, 0.15) is 18.9 Å². The smallest absolute Gasteiger partial charge is 0.315 e. The van der Waals surface area contributed by atoms with Crippen molar-refractivity contribution in [1.29, 1.82) is 0 Å². The molecule has 2 N–H and O–H groups in total. The average Bonchev–Trinajstić information content (AvgIpc) is 3.43. The fourth-order valence-corrected chi connectivity index (χ4v) is 4.54. The van der Waals surface area contributed by atoms with Gasteiger partial charge >= 0.3 is 5.97 Å². The molecule has 0 fully saturated rings. The van der Waals surface area contributed by atoms with Crippen molar-refractivity contribution in [2.75, 3.05) is 17.2 Å². The van der Waals surface area contributed by atoms with Crippen molar-refractivity contribution in [2.24, 2.45) is 0 Å². The van der Waals surface area contributed by atoms with Crippen molar-refractivity contribution in [3.8, 4) is 11.4 Å². The maximum absolute atomic E-state index is 12.6. The van der Waals surface area contributed by atoms with Crippen LogP contribution in [0.3, 0.4) is 0 Å². The fourth-order valence-electron chi connectivity index (χ4n) is 4.54. The lowest BCUT2D eigenvalue weighted by Gasteiger charge is -2.16. The minimum Gasteiger partial charge on any atom is -0.466 e. The van der Waals surface area contributed by atoms with Crippen LogP contribution in [0, 0.1) is 0 Å². The van der Waals surface area contributed by atoms with Gasteiger partial charge in [-0.25, -0.2) is 4.98 Å². The van der Waals surface area contributed by atoms with Gasteiger partial charge < -0.3 is 19.9 Å². The highest BCUT2D eigenvalue weighted by Crippen LogP contribution is 2.34. The van der Waals surface area contributed by atoms with Crippen molar-refractivity contribution < 1.29 is 14.3 Å². The van der Waals surface area contributed by atoms with Gasteiger partial charge in [0.15, 0.2) is 0 Å². The highest BCUT2D eigenvalue weighted by Gasteiger charge is 2.15. The Balaban J connectivity index is 1.34. The van der Waals surface area contributed by atoms with Crippen LogP contribution in [0.25, 0.3) is 22.2 Å². The zero-order valence-electron chi connectivity index (χ0n) is 21.8. The SMILES string of the molecule is CCOC(=O)CC(=O)Nc1c(Nc2ccc(-c3nccn3CCc3ccccc3)cc2)ccc2ccccc12. The number of anilines is 3. The van der Waals surface area contributed by atoms with Crippen LogP contribution in [0.5, 0.6) is 0 Å². The molecule has 0 bridgehead atoms. The number of amides is 1. The van der Waals surface area contributed by atoms with Crippen LogP contribution in [0.2, 0.25) is 0 Å². The lowest BCUT2D eigenvalue weighted by molar-refractivity contribution is -0.145. The molecule has 7 heteroatoms. The summed E-state index contributed by atoms with van der Waals surface area (Å²) in [5, 5.41) is 8.19. The number of nitrogens with zero attached hydrogens (tertiary/aromatic N) is 2. The molecule has 0 unspecified atom stereocenters. The molecule has 1 heterocycles. The summed E-state index contributed by atoms with van der Waals surface area (Å²) in [6, 6.07) is 30.2. The lowest BCUT2D eigenvalue weighted by atomic mass is 10.1. The number of hydrogen-bond donors (Lipinski definition) is 2. The van der Waals surface area contributed by atoms with E-state index in [4.69, 9.17) is 4.74 Å². The molecular weight excluding hydrogens is 488 g/mol. The number of carbonyl (C=O) groups is 2. The summed E-state index contributed by atoms with van der Waals surface area (Å²) in [7, 11) is 0. The van der Waals surface area contributed by atoms with Crippen LogP contribution < -0.4 is 10.6 Å². The molecule has 5 rings (SSSR count). The zero-order valence-corrected chi connectivity index (χ0v) is 21.8. The molecule has 0 spiro atoms. The third kappa shape index (κ3) is 6.33. The Morgan fingerprint density at radius 3 is 2.46 bits per heavy atom. The highest BCUT2D eigenvalue weighted by atomic mass is 16.5. The van der Waals surface area contributed by atoms with E-state index in [1.54, 1.807) is 6.92 Å². The van der Waals surface area contributed by atoms with Crippen LogP contribution >= 0.6 is 0 Å². The van der Waals surface area contributed by atoms with Gasteiger partial charge in [-0.15, -0.1) is 0 Å². The number of hydrogen-bond acceptors (Lipinski definition) is 5. The Morgan fingerprint density at radius 2 is 1.67 bits per heavy atom. The van der Waals surface area contributed by atoms with Crippen molar-refractivity contribution in [3.63, 3.8) is 0 Å². The quantitative estimate of drug-likeness (QED) is 0.161. The van der Waals surface area contributed by atoms with Gasteiger partial charge in [-0.3, -0.25) is 9.59 Å². The predicted octanol–water partition coefficient (Wildman–Crippen LogP) is 6.58. The van der Waals surface area contributed by atoms with E-state index in [9.17, 15) is 9.59 Å². The van der Waals surface area contributed by atoms with Gasteiger partial charge in [0.2, 0.25) is 5.91 Å². The van der Waals surface area contributed by atoms with E-state index in [2.05, 4.69) is 44.5 Å². The number of aryl methyl sites for hydroxylation is 2. The molecule has 196 valence electrons. The molecule has 4 aromatic carbocycles. The van der Waals surface area contributed by atoms with Crippen molar-refractivity contribution in [1.82, 2.24) is 9.55 Å². The Hall–Kier alpha value is -4.91. The van der Waals surface area contributed by atoms with Gasteiger partial charge in [0, 0.05) is 35.6 Å². The molecule has 7 nitrogen and oxygen atoms in total. The third-order valence-corrected chi connectivity index (χ3v) is 6.43. The van der Waals surface area contributed by atoms with E-state index >= 15 is 0 Å². The van der Waals surface area contributed by atoms with Crippen LogP contribution in [-0.2, 0) is 27.3 Å². The van der Waals surface area contributed by atoms with E-state index in [0.29, 0.717) is 5.69 Å². The molecule has 1 amide bonds. The molecule has 0 saturated carbocycles. The molecule has 0 aliphatic carbocycles. The maximum Gasteiger partial charge on any atom is 0.315 e. The maximum atomic E-state index is 12.6. The molecule has 0 aliphatic rings. The lowest BCUT2D eigenvalue weighted by Crippen LogP contribution is -2.19. The topological polar surface area (TPSA) is 85.2 Å². The van der Waals surface area contributed by atoms with E-state index in [1.165, 1.54) is 5.56 Å². The van der Waals surface area contributed by atoms with E-state index in [0.717, 1.165) is 46.5 Å². The molecule has 0 atom stereocenters. The molecule has 0 saturated heterocycles. The first-order valence-corrected chi connectivity index (χ1v) is 13.0. The van der Waals surface area contributed by atoms with Crippen LogP contribution in [0.15, 0.2) is 103 Å². The second kappa shape index (κ2) is 12.1. The number of rotatable bonds is 10. The zero-order chi connectivity index (χ0) is 27.0. The van der Waals surface area contributed by atoms with Gasteiger partial charge in [0.05, 0.1) is 18.0 Å². The molecule has 5 aromatic rings. The predicted molar refractivity (Wildman–Crippen MR) is 155 cm³/mol. The van der Waals surface area contributed by atoms with E-state index in [1.807, 2.05) is 79.1 Å². The second-order valence-electron chi connectivity index (χ2n) is 9.12. The monoisotopic (exact) mass is 518 g/mol. The average molecular weight is 519 g/mol. The molecule has 39 heavy (non-hydrogen) atoms. The summed E-state index contributed by atoms with van der Waals surface area (Å²) in [6.45, 7) is 2.79. The fraction of sp³-hybridized carbons (Fsp3) is 0.156. The number of benzene rings is 4. The number of aromatic nitrogens is 2.